The van der Waals surface area contributed by atoms with Gasteiger partial charge in [0.2, 0.25) is 0 Å². The third-order valence-electron chi connectivity index (χ3n) is 2.92. The first kappa shape index (κ1) is 22.1. The molecule has 0 saturated heterocycles. The average Bonchev–Trinajstić information content (AvgIpc) is 2.52. The van der Waals surface area contributed by atoms with E-state index in [-0.39, 0.29) is 19.6 Å². The van der Waals surface area contributed by atoms with Crippen molar-refractivity contribution < 1.29 is 34.9 Å². The van der Waals surface area contributed by atoms with Gasteiger partial charge in [0.05, 0.1) is 6.61 Å². The minimum absolute atomic E-state index is 0.120. The smallest absolute Gasteiger partial charge is 0.303 e. The van der Waals surface area contributed by atoms with Gasteiger partial charge < -0.3 is 9.84 Å². The SMILES string of the molecule is C/C(=C/COO)COO.Cc1ccc(OCCCC(=O)O)c(C)c1. The predicted molar refractivity (Wildman–Crippen MR) is 89.2 cm³/mol. The fraction of sp³-hybridized carbons (Fsp3) is 0.471. The van der Waals surface area contributed by atoms with Crippen molar-refractivity contribution in [2.45, 2.75) is 33.6 Å². The molecule has 7 nitrogen and oxygen atoms in total. The van der Waals surface area contributed by atoms with E-state index in [4.69, 9.17) is 20.4 Å². The van der Waals surface area contributed by atoms with Gasteiger partial charge in [0.15, 0.2) is 0 Å². The molecular formula is C17H26O7. The Morgan fingerprint density at radius 1 is 1.21 bits per heavy atom. The fourth-order valence-electron chi connectivity index (χ4n) is 1.71. The molecule has 0 fully saturated rings. The van der Waals surface area contributed by atoms with Crippen LogP contribution in [0.2, 0.25) is 0 Å². The maximum atomic E-state index is 10.3. The second-order valence-electron chi connectivity index (χ2n) is 5.23. The van der Waals surface area contributed by atoms with Gasteiger partial charge in [0, 0.05) is 6.42 Å². The van der Waals surface area contributed by atoms with E-state index in [0.29, 0.717) is 13.0 Å². The van der Waals surface area contributed by atoms with Crippen molar-refractivity contribution >= 4 is 5.97 Å². The Kier molecular flexibility index (Phi) is 12.4. The van der Waals surface area contributed by atoms with Crippen molar-refractivity contribution in [3.63, 3.8) is 0 Å². The Bertz CT molecular complexity index is 512. The molecule has 136 valence electrons. The van der Waals surface area contributed by atoms with E-state index in [1.54, 1.807) is 13.0 Å². The van der Waals surface area contributed by atoms with E-state index >= 15 is 0 Å². The van der Waals surface area contributed by atoms with E-state index in [9.17, 15) is 4.79 Å². The van der Waals surface area contributed by atoms with E-state index in [1.165, 1.54) is 5.56 Å². The highest BCUT2D eigenvalue weighted by atomic mass is 17.1. The van der Waals surface area contributed by atoms with Gasteiger partial charge >= 0.3 is 5.97 Å². The lowest BCUT2D eigenvalue weighted by Gasteiger charge is -2.08. The highest BCUT2D eigenvalue weighted by Gasteiger charge is 2.00. The van der Waals surface area contributed by atoms with Crippen LogP contribution in [-0.4, -0.2) is 41.4 Å². The van der Waals surface area contributed by atoms with Crippen molar-refractivity contribution in [3.8, 4) is 5.75 Å². The van der Waals surface area contributed by atoms with Crippen LogP contribution in [0, 0.1) is 13.8 Å². The van der Waals surface area contributed by atoms with Crippen LogP contribution < -0.4 is 4.74 Å². The van der Waals surface area contributed by atoms with Gasteiger partial charge in [-0.15, -0.1) is 0 Å². The number of carbonyl (C=O) groups is 1. The van der Waals surface area contributed by atoms with Crippen LogP contribution in [0.3, 0.4) is 0 Å². The molecule has 0 saturated carbocycles. The number of rotatable bonds is 9. The molecule has 0 heterocycles. The Hall–Kier alpha value is -1.93. The molecule has 0 aromatic heterocycles. The van der Waals surface area contributed by atoms with E-state index in [0.717, 1.165) is 16.9 Å². The zero-order chi connectivity index (χ0) is 18.4. The summed E-state index contributed by atoms with van der Waals surface area (Å²) < 4.78 is 5.48. The van der Waals surface area contributed by atoms with Crippen LogP contribution in [0.25, 0.3) is 0 Å². The monoisotopic (exact) mass is 342 g/mol. The molecule has 1 aromatic rings. The molecule has 0 aliphatic rings. The molecule has 0 spiro atoms. The fourth-order valence-corrected chi connectivity index (χ4v) is 1.71. The molecule has 0 atom stereocenters. The van der Waals surface area contributed by atoms with Crippen LogP contribution >= 0.6 is 0 Å². The maximum absolute atomic E-state index is 10.3. The van der Waals surface area contributed by atoms with Gasteiger partial charge in [-0.05, 0) is 44.4 Å². The molecule has 0 unspecified atom stereocenters. The van der Waals surface area contributed by atoms with Crippen molar-refractivity contribution in [2.24, 2.45) is 0 Å². The highest BCUT2D eigenvalue weighted by Crippen LogP contribution is 2.18. The summed E-state index contributed by atoms with van der Waals surface area (Å²) >= 11 is 0. The topological polar surface area (TPSA) is 105 Å². The summed E-state index contributed by atoms with van der Waals surface area (Å²) in [5.74, 6) is 0.0604. The quantitative estimate of drug-likeness (QED) is 0.273. The van der Waals surface area contributed by atoms with E-state index in [1.807, 2.05) is 32.0 Å². The summed E-state index contributed by atoms with van der Waals surface area (Å²) in [5.41, 5.74) is 3.09. The Morgan fingerprint density at radius 3 is 2.46 bits per heavy atom. The molecule has 0 aliphatic heterocycles. The average molecular weight is 342 g/mol. The zero-order valence-corrected chi connectivity index (χ0v) is 14.3. The van der Waals surface area contributed by atoms with Crippen molar-refractivity contribution in [2.75, 3.05) is 19.8 Å². The first-order valence-corrected chi connectivity index (χ1v) is 7.51. The lowest BCUT2D eigenvalue weighted by Crippen LogP contribution is -2.02. The van der Waals surface area contributed by atoms with Gasteiger partial charge in [-0.3, -0.25) is 15.3 Å². The summed E-state index contributed by atoms with van der Waals surface area (Å²) in [6.07, 6.45) is 2.30. The van der Waals surface area contributed by atoms with Gasteiger partial charge in [-0.25, -0.2) is 9.78 Å². The Morgan fingerprint density at radius 2 is 1.92 bits per heavy atom. The lowest BCUT2D eigenvalue weighted by molar-refractivity contribution is -0.237. The molecule has 1 aromatic carbocycles. The third kappa shape index (κ3) is 11.6. The molecule has 0 aliphatic carbocycles. The lowest BCUT2D eigenvalue weighted by atomic mass is 10.1. The number of carboxylic acid groups (broad SMARTS) is 1. The zero-order valence-electron chi connectivity index (χ0n) is 14.3. The van der Waals surface area contributed by atoms with Crippen LogP contribution in [0.1, 0.15) is 30.9 Å². The molecular weight excluding hydrogens is 316 g/mol. The molecule has 0 radical (unpaired) electrons. The summed E-state index contributed by atoms with van der Waals surface area (Å²) in [5, 5.41) is 24.2. The van der Waals surface area contributed by atoms with Crippen molar-refractivity contribution in [1.82, 2.24) is 0 Å². The van der Waals surface area contributed by atoms with Crippen molar-refractivity contribution in [1.29, 1.82) is 0 Å². The minimum atomic E-state index is -0.778. The Balaban J connectivity index is 0.000000506. The molecule has 3 N–H and O–H groups in total. The molecule has 24 heavy (non-hydrogen) atoms. The molecule has 0 amide bonds. The van der Waals surface area contributed by atoms with Gasteiger partial charge in [-0.1, -0.05) is 23.8 Å². The van der Waals surface area contributed by atoms with E-state index in [2.05, 4.69) is 9.78 Å². The minimum Gasteiger partial charge on any atom is -0.493 e. The summed E-state index contributed by atoms with van der Waals surface area (Å²) in [6, 6.07) is 5.96. The first-order chi connectivity index (χ1) is 11.4. The standard InChI is InChI=1S/C12H16O3.C5H10O4/c1-9-5-6-11(10(2)8-9)15-7-3-4-12(13)14;1-5(4-9-7)2-3-8-6/h5-6,8H,3-4,7H2,1-2H3,(H,13,14);2,6-7H,3-4H2,1H3/b;5-2-. The Labute approximate surface area is 142 Å². The normalized spacial score (nSPS) is 10.8. The first-order valence-electron chi connectivity index (χ1n) is 7.51. The summed E-state index contributed by atoms with van der Waals surface area (Å²) in [7, 11) is 0. The number of hydrogen-bond donors (Lipinski definition) is 3. The van der Waals surface area contributed by atoms with Crippen LogP contribution in [-0.2, 0) is 14.6 Å². The number of aliphatic carboxylic acids is 1. The molecule has 0 bridgehead atoms. The predicted octanol–water partition coefficient (Wildman–Crippen LogP) is 3.46. The highest BCUT2D eigenvalue weighted by molar-refractivity contribution is 5.66. The number of carboxylic acids is 1. The van der Waals surface area contributed by atoms with Gasteiger partial charge in [0.1, 0.15) is 19.0 Å². The van der Waals surface area contributed by atoms with Gasteiger partial charge in [-0.2, -0.15) is 0 Å². The number of aryl methyl sites for hydroxylation is 2. The summed E-state index contributed by atoms with van der Waals surface area (Å²) in [6.45, 7) is 6.48. The number of ether oxygens (including phenoxy) is 1. The van der Waals surface area contributed by atoms with E-state index < -0.39 is 5.97 Å². The second kappa shape index (κ2) is 13.5. The maximum Gasteiger partial charge on any atom is 0.303 e. The van der Waals surface area contributed by atoms with Gasteiger partial charge in [0.25, 0.3) is 0 Å². The number of hydrogen-bond acceptors (Lipinski definition) is 6. The van der Waals surface area contributed by atoms with Crippen LogP contribution in [0.5, 0.6) is 5.75 Å². The van der Waals surface area contributed by atoms with Crippen LogP contribution in [0.15, 0.2) is 29.8 Å². The molecule has 1 rings (SSSR count). The summed E-state index contributed by atoms with van der Waals surface area (Å²) in [4.78, 5) is 17.8. The largest absolute Gasteiger partial charge is 0.493 e. The number of benzene rings is 1. The third-order valence-corrected chi connectivity index (χ3v) is 2.92. The van der Waals surface area contributed by atoms with Crippen LogP contribution in [0.4, 0.5) is 0 Å². The van der Waals surface area contributed by atoms with Crippen molar-refractivity contribution in [3.05, 3.63) is 41.0 Å². The molecule has 7 heteroatoms. The second-order valence-corrected chi connectivity index (χ2v) is 5.23.